The lowest BCUT2D eigenvalue weighted by molar-refractivity contribution is -0.116. The van der Waals surface area contributed by atoms with Crippen LogP contribution in [-0.4, -0.2) is 28.3 Å². The number of carbonyl (C=O) groups excluding carboxylic acids is 2. The Hall–Kier alpha value is -3.58. The molecule has 2 amide bonds. The van der Waals surface area contributed by atoms with Crippen molar-refractivity contribution in [1.82, 2.24) is 15.3 Å². The molecule has 0 aliphatic carbocycles. The summed E-state index contributed by atoms with van der Waals surface area (Å²) in [4.78, 5) is 33.8. The normalized spacial score (nSPS) is 10.6. The molecule has 7 heteroatoms. The molecule has 0 fully saturated rings. The van der Waals surface area contributed by atoms with E-state index in [1.54, 1.807) is 18.5 Å². The largest absolute Gasteiger partial charge is 0.351 e. The van der Waals surface area contributed by atoms with E-state index in [0.717, 1.165) is 20.9 Å². The van der Waals surface area contributed by atoms with E-state index >= 15 is 0 Å². The summed E-state index contributed by atoms with van der Waals surface area (Å²) in [7, 11) is 0. The van der Waals surface area contributed by atoms with E-state index in [0.29, 0.717) is 16.9 Å². The lowest BCUT2D eigenvalue weighted by atomic mass is 10.0. The number of amides is 2. The summed E-state index contributed by atoms with van der Waals surface area (Å²) in [6.45, 7) is 0.225. The topological polar surface area (TPSA) is 84.0 Å². The number of benzene rings is 2. The number of hydrogen-bond acceptors (Lipinski definition) is 4. The number of nitrogens with zero attached hydrogens (tertiary/aromatic N) is 2. The van der Waals surface area contributed by atoms with Crippen molar-refractivity contribution in [2.45, 2.75) is 6.42 Å². The van der Waals surface area contributed by atoms with Crippen LogP contribution in [0.2, 0.25) is 0 Å². The van der Waals surface area contributed by atoms with Crippen LogP contribution >= 0.6 is 15.9 Å². The van der Waals surface area contributed by atoms with Gasteiger partial charge in [-0.1, -0.05) is 34.1 Å². The van der Waals surface area contributed by atoms with E-state index < -0.39 is 0 Å². The lowest BCUT2D eigenvalue weighted by Gasteiger charge is -2.11. The predicted molar refractivity (Wildman–Crippen MR) is 125 cm³/mol. The van der Waals surface area contributed by atoms with E-state index in [-0.39, 0.29) is 24.8 Å². The summed E-state index contributed by atoms with van der Waals surface area (Å²) in [5, 5.41) is 6.43. The molecule has 2 heterocycles. The van der Waals surface area contributed by atoms with E-state index in [4.69, 9.17) is 0 Å². The maximum atomic E-state index is 12.9. The fraction of sp³-hybridized carbons (Fsp3) is 0.0833. The zero-order valence-electron chi connectivity index (χ0n) is 16.5. The highest BCUT2D eigenvalue weighted by molar-refractivity contribution is 9.10. The zero-order chi connectivity index (χ0) is 21.6. The van der Waals surface area contributed by atoms with Gasteiger partial charge in [0.1, 0.15) is 0 Å². The van der Waals surface area contributed by atoms with Crippen molar-refractivity contribution in [2.24, 2.45) is 0 Å². The maximum absolute atomic E-state index is 12.9. The molecule has 0 aliphatic heterocycles. The first-order chi connectivity index (χ1) is 15.1. The van der Waals surface area contributed by atoms with Gasteiger partial charge in [-0.3, -0.25) is 14.6 Å². The second-order valence-corrected chi connectivity index (χ2v) is 7.78. The van der Waals surface area contributed by atoms with E-state index in [2.05, 4.69) is 36.5 Å². The summed E-state index contributed by atoms with van der Waals surface area (Å²) in [5.74, 6) is -0.412. The smallest absolute Gasteiger partial charge is 0.252 e. The Labute approximate surface area is 187 Å². The highest BCUT2D eigenvalue weighted by Crippen LogP contribution is 2.24. The van der Waals surface area contributed by atoms with Gasteiger partial charge in [-0.2, -0.15) is 0 Å². The Balaban J connectivity index is 1.47. The van der Waals surface area contributed by atoms with E-state index in [1.807, 2.05) is 60.7 Å². The van der Waals surface area contributed by atoms with Gasteiger partial charge in [0.25, 0.3) is 5.91 Å². The SMILES string of the molecule is O=C(CCNC(=O)c1cc(-c2ccncc2)nc2ccccc12)Nc1ccc(Br)cc1. The fourth-order valence-electron chi connectivity index (χ4n) is 3.18. The van der Waals surface area contributed by atoms with Crippen LogP contribution in [0.25, 0.3) is 22.2 Å². The highest BCUT2D eigenvalue weighted by atomic mass is 79.9. The molecule has 6 nitrogen and oxygen atoms in total. The molecule has 2 aromatic carbocycles. The van der Waals surface area contributed by atoms with Crippen LogP contribution in [0, 0.1) is 0 Å². The van der Waals surface area contributed by atoms with Gasteiger partial charge in [0.2, 0.25) is 5.91 Å². The summed E-state index contributed by atoms with van der Waals surface area (Å²) in [5.41, 5.74) is 3.53. The molecule has 4 aromatic rings. The first kappa shape index (κ1) is 20.7. The van der Waals surface area contributed by atoms with Crippen molar-refractivity contribution in [3.8, 4) is 11.3 Å². The van der Waals surface area contributed by atoms with Crippen LogP contribution in [0.4, 0.5) is 5.69 Å². The van der Waals surface area contributed by atoms with Gasteiger partial charge in [-0.25, -0.2) is 4.98 Å². The molecule has 154 valence electrons. The van der Waals surface area contributed by atoms with Gasteiger partial charge in [0.05, 0.1) is 16.8 Å². The Kier molecular flexibility index (Phi) is 6.33. The van der Waals surface area contributed by atoms with Crippen LogP contribution in [-0.2, 0) is 4.79 Å². The number of carbonyl (C=O) groups is 2. The van der Waals surface area contributed by atoms with Crippen LogP contribution in [0.15, 0.2) is 83.6 Å². The first-order valence-electron chi connectivity index (χ1n) is 9.74. The van der Waals surface area contributed by atoms with Crippen molar-refractivity contribution < 1.29 is 9.59 Å². The minimum absolute atomic E-state index is 0.167. The number of rotatable bonds is 6. The second-order valence-electron chi connectivity index (χ2n) is 6.87. The zero-order valence-corrected chi connectivity index (χ0v) is 18.1. The highest BCUT2D eigenvalue weighted by Gasteiger charge is 2.14. The van der Waals surface area contributed by atoms with E-state index in [9.17, 15) is 9.59 Å². The van der Waals surface area contributed by atoms with E-state index in [1.165, 1.54) is 0 Å². The molecule has 0 bridgehead atoms. The van der Waals surface area contributed by atoms with Crippen LogP contribution in [0.3, 0.4) is 0 Å². The molecule has 2 N–H and O–H groups in total. The van der Waals surface area contributed by atoms with Gasteiger partial charge < -0.3 is 10.6 Å². The number of fused-ring (bicyclic) bond motifs is 1. The Morgan fingerprint density at radius 3 is 2.45 bits per heavy atom. The molecular formula is C24H19BrN4O2. The van der Waals surface area contributed by atoms with Crippen molar-refractivity contribution in [3.05, 3.63) is 89.2 Å². The molecule has 0 saturated heterocycles. The van der Waals surface area contributed by atoms with Crippen molar-refractivity contribution >= 4 is 44.3 Å². The number of para-hydroxylation sites is 1. The summed E-state index contributed by atoms with van der Waals surface area (Å²) >= 11 is 3.36. The van der Waals surface area contributed by atoms with Crippen molar-refractivity contribution in [3.63, 3.8) is 0 Å². The Morgan fingerprint density at radius 1 is 0.935 bits per heavy atom. The third kappa shape index (κ3) is 5.13. The van der Waals surface area contributed by atoms with Gasteiger partial charge in [0.15, 0.2) is 0 Å². The average Bonchev–Trinajstić information content (AvgIpc) is 2.80. The molecule has 0 unspecified atom stereocenters. The fourth-order valence-corrected chi connectivity index (χ4v) is 3.44. The lowest BCUT2D eigenvalue weighted by Crippen LogP contribution is -2.28. The molecule has 2 aromatic heterocycles. The van der Waals surface area contributed by atoms with Crippen molar-refractivity contribution in [2.75, 3.05) is 11.9 Å². The van der Waals surface area contributed by atoms with Crippen LogP contribution in [0.5, 0.6) is 0 Å². The molecule has 0 spiro atoms. The third-order valence-corrected chi connectivity index (χ3v) is 5.23. The number of halogens is 1. The monoisotopic (exact) mass is 474 g/mol. The summed E-state index contributed by atoms with van der Waals surface area (Å²) in [6, 6.07) is 20.3. The predicted octanol–water partition coefficient (Wildman–Crippen LogP) is 4.82. The molecule has 0 radical (unpaired) electrons. The molecule has 0 aliphatic rings. The Morgan fingerprint density at radius 2 is 1.68 bits per heavy atom. The van der Waals surface area contributed by atoms with Gasteiger partial charge in [-0.05, 0) is 48.5 Å². The minimum Gasteiger partial charge on any atom is -0.351 e. The first-order valence-corrected chi connectivity index (χ1v) is 10.5. The molecule has 4 rings (SSSR count). The number of anilines is 1. The number of hydrogen-bond donors (Lipinski definition) is 2. The molecule has 0 saturated carbocycles. The third-order valence-electron chi connectivity index (χ3n) is 4.70. The molecule has 0 atom stereocenters. The quantitative estimate of drug-likeness (QED) is 0.419. The second kappa shape index (κ2) is 9.49. The van der Waals surface area contributed by atoms with Crippen LogP contribution < -0.4 is 10.6 Å². The van der Waals surface area contributed by atoms with Gasteiger partial charge in [-0.15, -0.1) is 0 Å². The van der Waals surface area contributed by atoms with Gasteiger partial charge >= 0.3 is 0 Å². The number of aromatic nitrogens is 2. The minimum atomic E-state index is -0.245. The average molecular weight is 475 g/mol. The molecule has 31 heavy (non-hydrogen) atoms. The van der Waals surface area contributed by atoms with Crippen LogP contribution in [0.1, 0.15) is 16.8 Å². The number of pyridine rings is 2. The maximum Gasteiger partial charge on any atom is 0.252 e. The standard InChI is InChI=1S/C24H19BrN4O2/c25-17-5-7-18(8-6-17)28-23(30)11-14-27-24(31)20-15-22(16-9-12-26-13-10-16)29-21-4-2-1-3-19(20)21/h1-10,12-13,15H,11,14H2,(H,27,31)(H,28,30). The van der Waals surface area contributed by atoms with Gasteiger partial charge in [0, 0.05) is 46.5 Å². The molecular weight excluding hydrogens is 456 g/mol. The summed E-state index contributed by atoms with van der Waals surface area (Å²) < 4.78 is 0.938. The Bertz CT molecular complexity index is 1230. The summed E-state index contributed by atoms with van der Waals surface area (Å²) in [6.07, 6.45) is 3.55. The van der Waals surface area contributed by atoms with Crippen molar-refractivity contribution in [1.29, 1.82) is 0 Å². The number of nitrogens with one attached hydrogen (secondary N) is 2.